The first-order valence-electron chi connectivity index (χ1n) is 7.11. The first-order chi connectivity index (χ1) is 10.9. The van der Waals surface area contributed by atoms with Gasteiger partial charge in [0, 0.05) is 23.2 Å². The zero-order chi connectivity index (χ0) is 14.8. The zero-order valence-electron chi connectivity index (χ0n) is 11.8. The molecule has 0 aliphatic carbocycles. The number of aromatic nitrogens is 2. The predicted molar refractivity (Wildman–Crippen MR) is 89.5 cm³/mol. The Hall–Kier alpha value is -3.18. The minimum Gasteiger partial charge on any atom is -0.247 e. The smallest absolute Gasteiger partial charge is 0.121 e. The van der Waals surface area contributed by atoms with E-state index in [2.05, 4.69) is 33.9 Å². The Bertz CT molecular complexity index is 945. The standard InChI is InChI=1S/C20H12N2/c1-3-7-17-15(5-1)11-13-21-19(17)9-10-20-18-8-4-2-6-16(18)12-14-22-20/h1-8,11-14H. The van der Waals surface area contributed by atoms with Crippen molar-refractivity contribution in [2.45, 2.75) is 0 Å². The van der Waals surface area contributed by atoms with Crippen LogP contribution in [0.25, 0.3) is 21.5 Å². The van der Waals surface area contributed by atoms with E-state index in [1.54, 1.807) is 12.4 Å². The number of pyridine rings is 2. The second-order valence-corrected chi connectivity index (χ2v) is 5.01. The summed E-state index contributed by atoms with van der Waals surface area (Å²) in [4.78, 5) is 8.80. The minimum atomic E-state index is 0.785. The molecular weight excluding hydrogens is 268 g/mol. The molecule has 0 aliphatic rings. The van der Waals surface area contributed by atoms with Crippen molar-refractivity contribution in [2.75, 3.05) is 0 Å². The first-order valence-corrected chi connectivity index (χ1v) is 7.11. The Morgan fingerprint density at radius 3 is 1.50 bits per heavy atom. The summed E-state index contributed by atoms with van der Waals surface area (Å²) in [5.41, 5.74) is 1.57. The van der Waals surface area contributed by atoms with Gasteiger partial charge in [-0.05, 0) is 34.7 Å². The molecule has 0 saturated heterocycles. The van der Waals surface area contributed by atoms with Crippen molar-refractivity contribution >= 4 is 21.5 Å². The Morgan fingerprint density at radius 2 is 1.00 bits per heavy atom. The molecule has 0 spiro atoms. The van der Waals surface area contributed by atoms with Gasteiger partial charge >= 0.3 is 0 Å². The number of nitrogens with zero attached hydrogens (tertiary/aromatic N) is 2. The molecular formula is C20H12N2. The highest BCUT2D eigenvalue weighted by molar-refractivity contribution is 5.88. The maximum absolute atomic E-state index is 4.40. The Labute approximate surface area is 128 Å². The van der Waals surface area contributed by atoms with Crippen LogP contribution < -0.4 is 0 Å². The van der Waals surface area contributed by atoms with Crippen LogP contribution in [0, 0.1) is 11.8 Å². The highest BCUT2D eigenvalue weighted by Crippen LogP contribution is 2.17. The van der Waals surface area contributed by atoms with Crippen LogP contribution in [0.4, 0.5) is 0 Å². The van der Waals surface area contributed by atoms with Gasteiger partial charge in [0.05, 0.1) is 0 Å². The van der Waals surface area contributed by atoms with E-state index >= 15 is 0 Å². The summed E-state index contributed by atoms with van der Waals surface area (Å²) in [7, 11) is 0. The highest BCUT2D eigenvalue weighted by Gasteiger charge is 2.00. The third-order valence-electron chi connectivity index (χ3n) is 3.65. The van der Waals surface area contributed by atoms with Crippen LogP contribution in [0.3, 0.4) is 0 Å². The van der Waals surface area contributed by atoms with Gasteiger partial charge in [0.15, 0.2) is 0 Å². The largest absolute Gasteiger partial charge is 0.247 e. The van der Waals surface area contributed by atoms with Gasteiger partial charge in [-0.2, -0.15) is 0 Å². The molecule has 2 heteroatoms. The summed E-state index contributed by atoms with van der Waals surface area (Å²) in [5, 5.41) is 4.43. The van der Waals surface area contributed by atoms with Crippen molar-refractivity contribution < 1.29 is 0 Å². The van der Waals surface area contributed by atoms with Crippen molar-refractivity contribution in [3.63, 3.8) is 0 Å². The van der Waals surface area contributed by atoms with Gasteiger partial charge in [-0.1, -0.05) is 48.5 Å². The van der Waals surface area contributed by atoms with Crippen LogP contribution in [-0.4, -0.2) is 9.97 Å². The van der Waals surface area contributed by atoms with Gasteiger partial charge in [0.1, 0.15) is 11.4 Å². The van der Waals surface area contributed by atoms with E-state index in [9.17, 15) is 0 Å². The summed E-state index contributed by atoms with van der Waals surface area (Å²) in [5.74, 6) is 6.34. The molecule has 2 nitrogen and oxygen atoms in total. The lowest BCUT2D eigenvalue weighted by Crippen LogP contribution is -1.87. The summed E-state index contributed by atoms with van der Waals surface area (Å²) < 4.78 is 0. The van der Waals surface area contributed by atoms with E-state index in [1.807, 2.05) is 48.5 Å². The average molecular weight is 280 g/mol. The summed E-state index contributed by atoms with van der Waals surface area (Å²) in [6, 6.07) is 20.3. The number of hydrogen-bond donors (Lipinski definition) is 0. The fourth-order valence-corrected chi connectivity index (χ4v) is 2.56. The molecule has 0 fully saturated rings. The summed E-state index contributed by atoms with van der Waals surface area (Å²) >= 11 is 0. The summed E-state index contributed by atoms with van der Waals surface area (Å²) in [6.07, 6.45) is 3.59. The van der Waals surface area contributed by atoms with Crippen molar-refractivity contribution in [1.82, 2.24) is 9.97 Å². The van der Waals surface area contributed by atoms with E-state index in [0.29, 0.717) is 0 Å². The minimum absolute atomic E-state index is 0.785. The number of rotatable bonds is 0. The van der Waals surface area contributed by atoms with Crippen LogP contribution in [0.1, 0.15) is 11.4 Å². The quantitative estimate of drug-likeness (QED) is 0.451. The molecule has 2 aromatic heterocycles. The Kier molecular flexibility index (Phi) is 3.03. The lowest BCUT2D eigenvalue weighted by atomic mass is 10.1. The lowest BCUT2D eigenvalue weighted by Gasteiger charge is -2.00. The monoisotopic (exact) mass is 280 g/mol. The van der Waals surface area contributed by atoms with Gasteiger partial charge in [-0.15, -0.1) is 0 Å². The lowest BCUT2D eigenvalue weighted by molar-refractivity contribution is 1.31. The van der Waals surface area contributed by atoms with Gasteiger partial charge in [0.2, 0.25) is 0 Å². The van der Waals surface area contributed by atoms with Crippen LogP contribution in [0.2, 0.25) is 0 Å². The molecule has 4 aromatic rings. The maximum atomic E-state index is 4.40. The molecule has 2 heterocycles. The fraction of sp³-hybridized carbons (Fsp3) is 0. The SMILES string of the molecule is C(#Cc1nccc2ccccc12)c1nccc2ccccc12. The third kappa shape index (κ3) is 2.19. The van der Waals surface area contributed by atoms with Crippen LogP contribution >= 0.6 is 0 Å². The molecule has 0 aliphatic heterocycles. The zero-order valence-corrected chi connectivity index (χ0v) is 11.8. The van der Waals surface area contributed by atoms with Gasteiger partial charge in [0.25, 0.3) is 0 Å². The molecule has 0 saturated carbocycles. The molecule has 0 N–H and O–H groups in total. The van der Waals surface area contributed by atoms with Crippen molar-refractivity contribution in [2.24, 2.45) is 0 Å². The van der Waals surface area contributed by atoms with E-state index in [-0.39, 0.29) is 0 Å². The highest BCUT2D eigenvalue weighted by atomic mass is 14.7. The predicted octanol–water partition coefficient (Wildman–Crippen LogP) is 4.18. The van der Waals surface area contributed by atoms with E-state index in [4.69, 9.17) is 0 Å². The van der Waals surface area contributed by atoms with E-state index in [0.717, 1.165) is 32.9 Å². The van der Waals surface area contributed by atoms with Gasteiger partial charge < -0.3 is 0 Å². The van der Waals surface area contributed by atoms with E-state index in [1.165, 1.54) is 0 Å². The molecule has 4 rings (SSSR count). The summed E-state index contributed by atoms with van der Waals surface area (Å²) in [6.45, 7) is 0. The molecule has 0 radical (unpaired) electrons. The van der Waals surface area contributed by atoms with Crippen LogP contribution in [-0.2, 0) is 0 Å². The average Bonchev–Trinajstić information content (AvgIpc) is 2.60. The molecule has 102 valence electrons. The normalized spacial score (nSPS) is 10.4. The molecule has 0 bridgehead atoms. The molecule has 2 aromatic carbocycles. The number of benzene rings is 2. The van der Waals surface area contributed by atoms with Crippen LogP contribution in [0.5, 0.6) is 0 Å². The number of hydrogen-bond acceptors (Lipinski definition) is 2. The Balaban J connectivity index is 1.88. The second-order valence-electron chi connectivity index (χ2n) is 5.01. The molecule has 0 unspecified atom stereocenters. The van der Waals surface area contributed by atoms with Crippen molar-refractivity contribution in [3.8, 4) is 11.8 Å². The third-order valence-corrected chi connectivity index (χ3v) is 3.65. The fourth-order valence-electron chi connectivity index (χ4n) is 2.56. The molecule has 22 heavy (non-hydrogen) atoms. The van der Waals surface area contributed by atoms with Crippen molar-refractivity contribution in [3.05, 3.63) is 84.4 Å². The van der Waals surface area contributed by atoms with Crippen LogP contribution in [0.15, 0.2) is 73.1 Å². The van der Waals surface area contributed by atoms with E-state index < -0.39 is 0 Å². The first kappa shape index (κ1) is 12.6. The molecule has 0 atom stereocenters. The van der Waals surface area contributed by atoms with Gasteiger partial charge in [-0.25, -0.2) is 9.97 Å². The topological polar surface area (TPSA) is 25.8 Å². The maximum Gasteiger partial charge on any atom is 0.121 e. The van der Waals surface area contributed by atoms with Crippen molar-refractivity contribution in [1.29, 1.82) is 0 Å². The number of fused-ring (bicyclic) bond motifs is 2. The van der Waals surface area contributed by atoms with Gasteiger partial charge in [-0.3, -0.25) is 0 Å². The second kappa shape index (κ2) is 5.31. The molecule has 0 amide bonds. The Morgan fingerprint density at radius 1 is 0.545 bits per heavy atom.